The van der Waals surface area contributed by atoms with Gasteiger partial charge in [-0.2, -0.15) is 0 Å². The molecule has 2 heterocycles. The van der Waals surface area contributed by atoms with Gasteiger partial charge in [0.15, 0.2) is 0 Å². The van der Waals surface area contributed by atoms with Gasteiger partial charge in [0, 0.05) is 51.5 Å². The monoisotopic (exact) mass is 224 g/mol. The first-order valence-electron chi connectivity index (χ1n) is 5.90. The maximum Gasteiger partial charge on any atom is 0.109 e. The van der Waals surface area contributed by atoms with Gasteiger partial charge in [0.25, 0.3) is 0 Å². The van der Waals surface area contributed by atoms with Crippen molar-refractivity contribution in [1.82, 2.24) is 14.5 Å². The van der Waals surface area contributed by atoms with Gasteiger partial charge >= 0.3 is 0 Å². The molecule has 1 saturated heterocycles. The van der Waals surface area contributed by atoms with Gasteiger partial charge in [-0.3, -0.25) is 4.90 Å². The first-order valence-corrected chi connectivity index (χ1v) is 5.90. The minimum atomic E-state index is 0.668. The van der Waals surface area contributed by atoms with Crippen molar-refractivity contribution < 1.29 is 4.74 Å². The lowest BCUT2D eigenvalue weighted by Gasteiger charge is -2.26. The predicted molar refractivity (Wildman–Crippen MR) is 62.2 cm³/mol. The Kier molecular flexibility index (Phi) is 4.33. The Morgan fingerprint density at radius 1 is 1.31 bits per heavy atom. The molecule has 5 heteroatoms. The average molecular weight is 224 g/mol. The number of hydrogen-bond acceptors (Lipinski definition) is 4. The summed E-state index contributed by atoms with van der Waals surface area (Å²) in [7, 11) is 0. The molecule has 1 aliphatic rings. The third-order valence-corrected chi connectivity index (χ3v) is 2.93. The minimum absolute atomic E-state index is 0.668. The Bertz CT molecular complexity index is 307. The third-order valence-electron chi connectivity index (χ3n) is 2.93. The van der Waals surface area contributed by atoms with E-state index in [4.69, 9.17) is 10.5 Å². The Hall–Kier alpha value is -0.910. The summed E-state index contributed by atoms with van der Waals surface area (Å²) in [5.74, 6) is 1.14. The topological polar surface area (TPSA) is 56.3 Å². The van der Waals surface area contributed by atoms with Crippen LogP contribution < -0.4 is 5.73 Å². The van der Waals surface area contributed by atoms with Crippen molar-refractivity contribution in [3.63, 3.8) is 0 Å². The molecule has 0 unspecified atom stereocenters. The Morgan fingerprint density at radius 3 is 2.88 bits per heavy atom. The van der Waals surface area contributed by atoms with Crippen molar-refractivity contribution in [3.8, 4) is 0 Å². The first-order chi connectivity index (χ1) is 7.90. The zero-order valence-corrected chi connectivity index (χ0v) is 9.64. The highest BCUT2D eigenvalue weighted by atomic mass is 16.5. The Labute approximate surface area is 96.2 Å². The molecule has 1 aliphatic heterocycles. The number of aromatic nitrogens is 2. The second-order valence-electron chi connectivity index (χ2n) is 4.03. The summed E-state index contributed by atoms with van der Waals surface area (Å²) in [6.07, 6.45) is 4.85. The van der Waals surface area contributed by atoms with Crippen LogP contribution in [0.5, 0.6) is 0 Å². The van der Waals surface area contributed by atoms with Crippen molar-refractivity contribution in [2.24, 2.45) is 5.73 Å². The summed E-state index contributed by atoms with van der Waals surface area (Å²) in [4.78, 5) is 6.79. The molecule has 2 N–H and O–H groups in total. The second-order valence-corrected chi connectivity index (χ2v) is 4.03. The summed E-state index contributed by atoms with van der Waals surface area (Å²) in [5.41, 5.74) is 5.55. The van der Waals surface area contributed by atoms with Crippen LogP contribution in [0.15, 0.2) is 12.4 Å². The van der Waals surface area contributed by atoms with Gasteiger partial charge in [0.1, 0.15) is 5.82 Å². The summed E-state index contributed by atoms with van der Waals surface area (Å²) in [5, 5.41) is 0. The van der Waals surface area contributed by atoms with E-state index >= 15 is 0 Å². The quantitative estimate of drug-likeness (QED) is 0.747. The molecule has 0 spiro atoms. The van der Waals surface area contributed by atoms with E-state index in [0.29, 0.717) is 6.54 Å². The average Bonchev–Trinajstić information content (AvgIpc) is 2.76. The van der Waals surface area contributed by atoms with Gasteiger partial charge in [0.05, 0.1) is 13.2 Å². The van der Waals surface area contributed by atoms with Crippen LogP contribution in [-0.4, -0.2) is 53.8 Å². The number of nitrogens with zero attached hydrogens (tertiary/aromatic N) is 3. The van der Waals surface area contributed by atoms with E-state index in [1.54, 1.807) is 0 Å². The first kappa shape index (κ1) is 11.6. The number of rotatable bonds is 5. The SMILES string of the molecule is NCCn1ccnc1CCN1CCOCC1. The van der Waals surface area contributed by atoms with Crippen LogP contribution in [0.2, 0.25) is 0 Å². The number of morpholine rings is 1. The smallest absolute Gasteiger partial charge is 0.109 e. The largest absolute Gasteiger partial charge is 0.379 e. The molecule has 0 radical (unpaired) electrons. The molecule has 90 valence electrons. The van der Waals surface area contributed by atoms with Gasteiger partial charge in [-0.15, -0.1) is 0 Å². The summed E-state index contributed by atoms with van der Waals surface area (Å²) >= 11 is 0. The van der Waals surface area contributed by atoms with Crippen molar-refractivity contribution in [2.45, 2.75) is 13.0 Å². The van der Waals surface area contributed by atoms with Crippen LogP contribution in [0.1, 0.15) is 5.82 Å². The molecule has 0 saturated carbocycles. The van der Waals surface area contributed by atoms with Crippen LogP contribution in [0.3, 0.4) is 0 Å². The van der Waals surface area contributed by atoms with Crippen molar-refractivity contribution >= 4 is 0 Å². The lowest BCUT2D eigenvalue weighted by atomic mass is 10.3. The number of nitrogens with two attached hydrogens (primary N) is 1. The molecule has 0 bridgehead atoms. The molecule has 0 amide bonds. The maximum absolute atomic E-state index is 5.55. The van der Waals surface area contributed by atoms with E-state index in [1.165, 1.54) is 0 Å². The number of ether oxygens (including phenoxy) is 1. The molecular formula is C11H20N4O. The summed E-state index contributed by atoms with van der Waals surface area (Å²) in [6.45, 7) is 6.38. The van der Waals surface area contributed by atoms with E-state index in [-0.39, 0.29) is 0 Å². The second kappa shape index (κ2) is 5.98. The predicted octanol–water partition coefficient (Wildman–Crippen LogP) is -0.284. The number of hydrogen-bond donors (Lipinski definition) is 1. The van der Waals surface area contributed by atoms with Crippen molar-refractivity contribution in [3.05, 3.63) is 18.2 Å². The molecule has 0 aliphatic carbocycles. The molecule has 5 nitrogen and oxygen atoms in total. The summed E-state index contributed by atoms with van der Waals surface area (Å²) < 4.78 is 7.46. The van der Waals surface area contributed by atoms with E-state index in [9.17, 15) is 0 Å². The standard InChI is InChI=1S/C11H20N4O/c12-2-5-15-6-3-13-11(15)1-4-14-7-9-16-10-8-14/h3,6H,1-2,4-5,7-10,12H2. The van der Waals surface area contributed by atoms with Crippen LogP contribution in [0.25, 0.3) is 0 Å². The Morgan fingerprint density at radius 2 is 2.12 bits per heavy atom. The lowest BCUT2D eigenvalue weighted by Crippen LogP contribution is -2.37. The van der Waals surface area contributed by atoms with E-state index in [1.807, 2.05) is 12.4 Å². The van der Waals surface area contributed by atoms with Crippen LogP contribution in [0.4, 0.5) is 0 Å². The molecule has 1 fully saturated rings. The molecule has 1 aromatic heterocycles. The fourth-order valence-electron chi connectivity index (χ4n) is 1.99. The van der Waals surface area contributed by atoms with Gasteiger partial charge in [-0.25, -0.2) is 4.98 Å². The minimum Gasteiger partial charge on any atom is -0.379 e. The van der Waals surface area contributed by atoms with Gasteiger partial charge in [-0.1, -0.05) is 0 Å². The molecule has 0 atom stereocenters. The van der Waals surface area contributed by atoms with E-state index < -0.39 is 0 Å². The van der Waals surface area contributed by atoms with Crippen molar-refractivity contribution in [1.29, 1.82) is 0 Å². The van der Waals surface area contributed by atoms with E-state index in [0.717, 1.165) is 51.6 Å². The van der Waals surface area contributed by atoms with Crippen molar-refractivity contribution in [2.75, 3.05) is 39.4 Å². The fourth-order valence-corrected chi connectivity index (χ4v) is 1.99. The highest BCUT2D eigenvalue weighted by Crippen LogP contribution is 2.02. The highest BCUT2D eigenvalue weighted by molar-refractivity contribution is 4.93. The normalized spacial score (nSPS) is 17.8. The number of imidazole rings is 1. The molecular weight excluding hydrogens is 204 g/mol. The van der Waals surface area contributed by atoms with Crippen LogP contribution in [-0.2, 0) is 17.7 Å². The van der Waals surface area contributed by atoms with Gasteiger partial charge in [0.2, 0.25) is 0 Å². The van der Waals surface area contributed by atoms with Gasteiger partial charge < -0.3 is 15.0 Å². The highest BCUT2D eigenvalue weighted by Gasteiger charge is 2.11. The van der Waals surface area contributed by atoms with Gasteiger partial charge in [-0.05, 0) is 0 Å². The Balaban J connectivity index is 1.81. The zero-order valence-electron chi connectivity index (χ0n) is 9.64. The fraction of sp³-hybridized carbons (Fsp3) is 0.727. The van der Waals surface area contributed by atoms with E-state index in [2.05, 4.69) is 14.5 Å². The molecule has 1 aromatic rings. The molecule has 16 heavy (non-hydrogen) atoms. The van der Waals surface area contributed by atoms with Crippen LogP contribution in [0, 0.1) is 0 Å². The van der Waals surface area contributed by atoms with Crippen LogP contribution >= 0.6 is 0 Å². The molecule has 2 rings (SSSR count). The maximum atomic E-state index is 5.55. The zero-order chi connectivity index (χ0) is 11.2. The molecule has 0 aromatic carbocycles. The third kappa shape index (κ3) is 3.04. The lowest BCUT2D eigenvalue weighted by molar-refractivity contribution is 0.0381. The summed E-state index contributed by atoms with van der Waals surface area (Å²) in [6, 6.07) is 0.